The highest BCUT2D eigenvalue weighted by Gasteiger charge is 2.29. The van der Waals surface area contributed by atoms with Gasteiger partial charge in [0.2, 0.25) is 5.91 Å². The quantitative estimate of drug-likeness (QED) is 0.912. The predicted octanol–water partition coefficient (Wildman–Crippen LogP) is 1.74. The van der Waals surface area contributed by atoms with E-state index in [-0.39, 0.29) is 17.7 Å². The first-order valence-corrected chi connectivity index (χ1v) is 8.42. The van der Waals surface area contributed by atoms with Gasteiger partial charge in [-0.2, -0.15) is 0 Å². The zero-order chi connectivity index (χ0) is 17.7. The highest BCUT2D eigenvalue weighted by atomic mass is 19.1. The molecule has 24 heavy (non-hydrogen) atoms. The van der Waals surface area contributed by atoms with E-state index in [4.69, 9.17) is 0 Å². The zero-order valence-electron chi connectivity index (χ0n) is 14.6. The minimum absolute atomic E-state index is 0.0251. The molecular formula is C18H26FN3O2. The van der Waals surface area contributed by atoms with E-state index in [1.54, 1.807) is 0 Å². The first-order valence-electron chi connectivity index (χ1n) is 8.42. The van der Waals surface area contributed by atoms with Crippen molar-refractivity contribution in [1.29, 1.82) is 0 Å². The second kappa shape index (κ2) is 8.24. The van der Waals surface area contributed by atoms with Crippen LogP contribution < -0.4 is 5.32 Å². The van der Waals surface area contributed by atoms with Crippen LogP contribution in [-0.2, 0) is 4.79 Å². The molecule has 5 nitrogen and oxygen atoms in total. The van der Waals surface area contributed by atoms with Crippen LogP contribution in [0.5, 0.6) is 0 Å². The van der Waals surface area contributed by atoms with Crippen molar-refractivity contribution in [2.75, 3.05) is 33.2 Å². The summed E-state index contributed by atoms with van der Waals surface area (Å²) < 4.78 is 13.0. The van der Waals surface area contributed by atoms with Crippen molar-refractivity contribution in [2.45, 2.75) is 26.3 Å². The topological polar surface area (TPSA) is 52.7 Å². The van der Waals surface area contributed by atoms with Crippen molar-refractivity contribution in [3.8, 4) is 0 Å². The van der Waals surface area contributed by atoms with Crippen molar-refractivity contribution in [2.24, 2.45) is 5.92 Å². The third-order valence-electron chi connectivity index (χ3n) is 4.36. The van der Waals surface area contributed by atoms with Gasteiger partial charge in [0, 0.05) is 25.2 Å². The van der Waals surface area contributed by atoms with Crippen LogP contribution in [0, 0.1) is 11.7 Å². The van der Waals surface area contributed by atoms with E-state index >= 15 is 0 Å². The number of halogens is 1. The van der Waals surface area contributed by atoms with Gasteiger partial charge in [-0.1, -0.05) is 13.8 Å². The van der Waals surface area contributed by atoms with E-state index in [1.807, 2.05) is 25.8 Å². The molecule has 1 atom stereocenters. The standard InChI is InChI=1S/C18H26FN3O2/c1-13(2)16(18(24)22-10-4-9-21(3)11-12-22)20-17(23)14-5-7-15(19)8-6-14/h5-8,13,16H,4,9-12H2,1-3H3,(H,20,23). The summed E-state index contributed by atoms with van der Waals surface area (Å²) in [5, 5.41) is 2.81. The molecule has 2 rings (SSSR count). The molecule has 1 fully saturated rings. The summed E-state index contributed by atoms with van der Waals surface area (Å²) in [7, 11) is 2.05. The van der Waals surface area contributed by atoms with E-state index in [9.17, 15) is 14.0 Å². The van der Waals surface area contributed by atoms with Gasteiger partial charge in [0.15, 0.2) is 0 Å². The van der Waals surface area contributed by atoms with Crippen LogP contribution in [0.2, 0.25) is 0 Å². The Labute approximate surface area is 142 Å². The van der Waals surface area contributed by atoms with Crippen LogP contribution in [0.4, 0.5) is 4.39 Å². The van der Waals surface area contributed by atoms with Crippen molar-refractivity contribution in [3.63, 3.8) is 0 Å². The summed E-state index contributed by atoms with van der Waals surface area (Å²) in [6.45, 7) is 7.01. The van der Waals surface area contributed by atoms with E-state index < -0.39 is 11.9 Å². The van der Waals surface area contributed by atoms with Crippen molar-refractivity contribution >= 4 is 11.8 Å². The van der Waals surface area contributed by atoms with Gasteiger partial charge in [-0.25, -0.2) is 4.39 Å². The fourth-order valence-electron chi connectivity index (χ4n) is 2.80. The predicted molar refractivity (Wildman–Crippen MR) is 91.2 cm³/mol. The Hall–Kier alpha value is -1.95. The number of likely N-dealkylation sites (N-methyl/N-ethyl adjacent to an activating group) is 1. The van der Waals surface area contributed by atoms with E-state index in [1.165, 1.54) is 24.3 Å². The average Bonchev–Trinajstić information content (AvgIpc) is 2.76. The summed E-state index contributed by atoms with van der Waals surface area (Å²) in [5.74, 6) is -0.815. The third kappa shape index (κ3) is 4.77. The lowest BCUT2D eigenvalue weighted by molar-refractivity contribution is -0.134. The van der Waals surface area contributed by atoms with Crippen molar-refractivity contribution in [3.05, 3.63) is 35.6 Å². The van der Waals surface area contributed by atoms with Gasteiger partial charge < -0.3 is 15.1 Å². The first kappa shape index (κ1) is 18.4. The third-order valence-corrected chi connectivity index (χ3v) is 4.36. The molecule has 132 valence electrons. The van der Waals surface area contributed by atoms with Gasteiger partial charge in [0.25, 0.3) is 5.91 Å². The summed E-state index contributed by atoms with van der Waals surface area (Å²) in [4.78, 5) is 29.3. The summed E-state index contributed by atoms with van der Waals surface area (Å²) in [6, 6.07) is 4.75. The number of benzene rings is 1. The van der Waals surface area contributed by atoms with Crippen LogP contribution in [0.15, 0.2) is 24.3 Å². The molecule has 1 saturated heterocycles. The normalized spacial score (nSPS) is 17.5. The van der Waals surface area contributed by atoms with Gasteiger partial charge in [0.05, 0.1) is 0 Å². The van der Waals surface area contributed by atoms with Gasteiger partial charge >= 0.3 is 0 Å². The zero-order valence-corrected chi connectivity index (χ0v) is 14.6. The Morgan fingerprint density at radius 2 is 1.75 bits per heavy atom. The average molecular weight is 335 g/mol. The lowest BCUT2D eigenvalue weighted by atomic mass is 10.0. The van der Waals surface area contributed by atoms with E-state index in [2.05, 4.69) is 10.2 Å². The monoisotopic (exact) mass is 335 g/mol. The SMILES string of the molecule is CC(C)C(NC(=O)c1ccc(F)cc1)C(=O)N1CCCN(C)CC1. The maximum atomic E-state index is 13.0. The van der Waals surface area contributed by atoms with Gasteiger partial charge in [-0.05, 0) is 50.2 Å². The fourth-order valence-corrected chi connectivity index (χ4v) is 2.80. The Morgan fingerprint density at radius 3 is 2.38 bits per heavy atom. The minimum Gasteiger partial charge on any atom is -0.340 e. The van der Waals surface area contributed by atoms with Crippen LogP contribution in [0.25, 0.3) is 0 Å². The Balaban J connectivity index is 2.06. The molecule has 1 aliphatic rings. The molecule has 0 spiro atoms. The highest BCUT2D eigenvalue weighted by molar-refractivity contribution is 5.97. The molecule has 1 unspecified atom stereocenters. The second-order valence-electron chi connectivity index (χ2n) is 6.68. The molecule has 0 radical (unpaired) electrons. The molecule has 0 saturated carbocycles. The van der Waals surface area contributed by atoms with Crippen molar-refractivity contribution < 1.29 is 14.0 Å². The molecule has 1 heterocycles. The van der Waals surface area contributed by atoms with Crippen LogP contribution in [0.1, 0.15) is 30.6 Å². The minimum atomic E-state index is -0.578. The molecule has 6 heteroatoms. The molecule has 1 aromatic carbocycles. The molecule has 1 N–H and O–H groups in total. The molecule has 0 bridgehead atoms. The number of hydrogen-bond acceptors (Lipinski definition) is 3. The number of amides is 2. The van der Waals surface area contributed by atoms with Gasteiger partial charge in [0.1, 0.15) is 11.9 Å². The Kier molecular flexibility index (Phi) is 6.31. The molecule has 1 aromatic rings. The molecular weight excluding hydrogens is 309 g/mol. The number of nitrogens with zero attached hydrogens (tertiary/aromatic N) is 2. The van der Waals surface area contributed by atoms with Crippen LogP contribution in [-0.4, -0.2) is 60.9 Å². The van der Waals surface area contributed by atoms with Crippen molar-refractivity contribution in [1.82, 2.24) is 15.1 Å². The number of carbonyl (C=O) groups is 2. The van der Waals surface area contributed by atoms with Gasteiger partial charge in [-0.15, -0.1) is 0 Å². The number of nitrogens with one attached hydrogen (secondary N) is 1. The summed E-state index contributed by atoms with van der Waals surface area (Å²) in [6.07, 6.45) is 0.930. The molecule has 1 aliphatic heterocycles. The highest BCUT2D eigenvalue weighted by Crippen LogP contribution is 2.11. The van der Waals surface area contributed by atoms with E-state index in [0.29, 0.717) is 18.7 Å². The molecule has 0 aromatic heterocycles. The lowest BCUT2D eigenvalue weighted by Gasteiger charge is -2.29. The molecule has 2 amide bonds. The summed E-state index contributed by atoms with van der Waals surface area (Å²) >= 11 is 0. The van der Waals surface area contributed by atoms with Crippen LogP contribution >= 0.6 is 0 Å². The molecule has 0 aliphatic carbocycles. The number of rotatable bonds is 4. The largest absolute Gasteiger partial charge is 0.340 e. The Bertz CT molecular complexity index is 574. The van der Waals surface area contributed by atoms with E-state index in [0.717, 1.165) is 19.5 Å². The number of carbonyl (C=O) groups excluding carboxylic acids is 2. The maximum Gasteiger partial charge on any atom is 0.251 e. The Morgan fingerprint density at radius 1 is 1.08 bits per heavy atom. The first-order chi connectivity index (χ1) is 11.4. The van der Waals surface area contributed by atoms with Crippen LogP contribution in [0.3, 0.4) is 0 Å². The number of hydrogen-bond donors (Lipinski definition) is 1. The fraction of sp³-hybridized carbons (Fsp3) is 0.556. The lowest BCUT2D eigenvalue weighted by Crippen LogP contribution is -2.52. The smallest absolute Gasteiger partial charge is 0.251 e. The maximum absolute atomic E-state index is 13.0. The second-order valence-corrected chi connectivity index (χ2v) is 6.68. The van der Waals surface area contributed by atoms with Gasteiger partial charge in [-0.3, -0.25) is 9.59 Å². The summed E-state index contributed by atoms with van der Waals surface area (Å²) in [5.41, 5.74) is 0.352.